The van der Waals surface area contributed by atoms with Crippen LogP contribution in [0.1, 0.15) is 24.0 Å². The molecule has 31 heavy (non-hydrogen) atoms. The third-order valence-corrected chi connectivity index (χ3v) is 7.06. The number of anilines is 1. The molecule has 2 aromatic rings. The van der Waals surface area contributed by atoms with Gasteiger partial charge in [0.05, 0.1) is 17.0 Å². The first-order valence-electron chi connectivity index (χ1n) is 10.2. The summed E-state index contributed by atoms with van der Waals surface area (Å²) in [4.78, 5) is 25.9. The molecule has 2 aliphatic rings. The minimum Gasteiger partial charge on any atom is -0.482 e. The summed E-state index contributed by atoms with van der Waals surface area (Å²) in [7, 11) is -3.76. The van der Waals surface area contributed by atoms with Gasteiger partial charge in [0.1, 0.15) is 5.75 Å². The summed E-state index contributed by atoms with van der Waals surface area (Å²) in [6.45, 7) is 2.93. The first-order chi connectivity index (χ1) is 14.8. The monoisotopic (exact) mass is 443 g/mol. The molecule has 2 heterocycles. The Labute approximate surface area is 181 Å². The van der Waals surface area contributed by atoms with Gasteiger partial charge in [-0.05, 0) is 43.5 Å². The van der Waals surface area contributed by atoms with Crippen molar-refractivity contribution in [1.82, 2.24) is 9.62 Å². The van der Waals surface area contributed by atoms with Crippen LogP contribution in [0.15, 0.2) is 47.4 Å². The smallest absolute Gasteiger partial charge is 0.262 e. The van der Waals surface area contributed by atoms with Crippen molar-refractivity contribution < 1.29 is 22.7 Å². The molecule has 164 valence electrons. The highest BCUT2D eigenvalue weighted by Crippen LogP contribution is 2.30. The molecule has 0 atom stereocenters. The SMILES string of the molecule is Cc1ccc(CC(=O)N2CCC(NS(=O)(=O)c3ccc4c(c3)NC(=O)CO4)CC2)cc1. The molecule has 1 fully saturated rings. The first kappa shape index (κ1) is 21.3. The van der Waals surface area contributed by atoms with Crippen LogP contribution in [0.5, 0.6) is 5.75 Å². The van der Waals surface area contributed by atoms with E-state index >= 15 is 0 Å². The number of carbonyl (C=O) groups excluding carboxylic acids is 2. The Bertz CT molecular complexity index is 1090. The van der Waals surface area contributed by atoms with Gasteiger partial charge >= 0.3 is 0 Å². The van der Waals surface area contributed by atoms with Gasteiger partial charge in [-0.25, -0.2) is 13.1 Å². The second-order valence-electron chi connectivity index (χ2n) is 7.93. The van der Waals surface area contributed by atoms with E-state index in [9.17, 15) is 18.0 Å². The number of hydrogen-bond donors (Lipinski definition) is 2. The predicted octanol–water partition coefficient (Wildman–Crippen LogP) is 1.84. The van der Waals surface area contributed by atoms with Crippen LogP contribution >= 0.6 is 0 Å². The van der Waals surface area contributed by atoms with Gasteiger partial charge in [-0.3, -0.25) is 9.59 Å². The number of nitrogens with zero attached hydrogens (tertiary/aromatic N) is 1. The fourth-order valence-electron chi connectivity index (χ4n) is 3.76. The number of hydrogen-bond acceptors (Lipinski definition) is 5. The van der Waals surface area contributed by atoms with Gasteiger partial charge in [0, 0.05) is 19.1 Å². The molecule has 4 rings (SSSR count). The Kier molecular flexibility index (Phi) is 5.97. The molecule has 0 bridgehead atoms. The van der Waals surface area contributed by atoms with E-state index in [1.54, 1.807) is 4.90 Å². The van der Waals surface area contributed by atoms with Crippen LogP contribution in [0.4, 0.5) is 5.69 Å². The van der Waals surface area contributed by atoms with Crippen molar-refractivity contribution in [2.24, 2.45) is 0 Å². The van der Waals surface area contributed by atoms with E-state index in [0.717, 1.165) is 11.1 Å². The molecule has 0 aromatic heterocycles. The van der Waals surface area contributed by atoms with Gasteiger partial charge in [0.2, 0.25) is 15.9 Å². The Hall–Kier alpha value is -2.91. The number of aryl methyl sites for hydroxylation is 1. The minimum atomic E-state index is -3.76. The zero-order chi connectivity index (χ0) is 22.0. The molecule has 2 amide bonds. The summed E-state index contributed by atoms with van der Waals surface area (Å²) >= 11 is 0. The van der Waals surface area contributed by atoms with Crippen LogP contribution in [0.25, 0.3) is 0 Å². The Morgan fingerprint density at radius 3 is 2.58 bits per heavy atom. The number of benzene rings is 2. The highest BCUT2D eigenvalue weighted by Gasteiger charge is 2.28. The summed E-state index contributed by atoms with van der Waals surface area (Å²) in [5.74, 6) is 0.173. The van der Waals surface area contributed by atoms with Crippen LogP contribution < -0.4 is 14.8 Å². The van der Waals surface area contributed by atoms with E-state index in [1.165, 1.54) is 18.2 Å². The van der Waals surface area contributed by atoms with E-state index in [2.05, 4.69) is 10.0 Å². The Morgan fingerprint density at radius 2 is 1.87 bits per heavy atom. The molecule has 2 aliphatic heterocycles. The van der Waals surface area contributed by atoms with Crippen LogP contribution in [0.2, 0.25) is 0 Å². The average molecular weight is 444 g/mol. The predicted molar refractivity (Wildman–Crippen MR) is 115 cm³/mol. The molecule has 9 heteroatoms. The normalized spacial score (nSPS) is 16.9. The maximum Gasteiger partial charge on any atom is 0.262 e. The highest BCUT2D eigenvalue weighted by molar-refractivity contribution is 7.89. The van der Waals surface area contributed by atoms with Crippen molar-refractivity contribution in [2.45, 2.75) is 37.1 Å². The maximum atomic E-state index is 12.8. The van der Waals surface area contributed by atoms with Gasteiger partial charge in [-0.15, -0.1) is 0 Å². The van der Waals surface area contributed by atoms with Gasteiger partial charge in [-0.2, -0.15) is 0 Å². The lowest BCUT2D eigenvalue weighted by molar-refractivity contribution is -0.131. The van der Waals surface area contributed by atoms with Crippen LogP contribution in [0.3, 0.4) is 0 Å². The third-order valence-electron chi connectivity index (χ3n) is 5.54. The van der Waals surface area contributed by atoms with Gasteiger partial charge in [0.15, 0.2) is 6.61 Å². The van der Waals surface area contributed by atoms with E-state index in [1.807, 2.05) is 31.2 Å². The number of piperidine rings is 1. The zero-order valence-corrected chi connectivity index (χ0v) is 18.1. The number of amides is 2. The van der Waals surface area contributed by atoms with Gasteiger partial charge in [0.25, 0.3) is 5.91 Å². The standard InChI is InChI=1S/C22H25N3O5S/c1-15-2-4-16(5-3-15)12-22(27)25-10-8-17(9-11-25)24-31(28,29)18-6-7-20-19(13-18)23-21(26)14-30-20/h2-7,13,17,24H,8-12,14H2,1H3,(H,23,26). The van der Waals surface area contributed by atoms with Crippen molar-refractivity contribution in [2.75, 3.05) is 25.0 Å². The summed E-state index contributed by atoms with van der Waals surface area (Å²) in [6.07, 6.45) is 1.44. The second-order valence-corrected chi connectivity index (χ2v) is 9.65. The first-order valence-corrected chi connectivity index (χ1v) is 11.7. The minimum absolute atomic E-state index is 0.0515. The summed E-state index contributed by atoms with van der Waals surface area (Å²) in [5.41, 5.74) is 2.47. The number of rotatable bonds is 5. The fraction of sp³-hybridized carbons (Fsp3) is 0.364. The molecular weight excluding hydrogens is 418 g/mol. The lowest BCUT2D eigenvalue weighted by atomic mass is 10.0. The van der Waals surface area contributed by atoms with Crippen molar-refractivity contribution in [1.29, 1.82) is 0 Å². The quantitative estimate of drug-likeness (QED) is 0.734. The fourth-order valence-corrected chi connectivity index (χ4v) is 5.09. The Balaban J connectivity index is 1.34. The van der Waals surface area contributed by atoms with Crippen molar-refractivity contribution >= 4 is 27.5 Å². The molecule has 0 unspecified atom stereocenters. The van der Waals surface area contributed by atoms with Crippen molar-refractivity contribution in [3.8, 4) is 5.75 Å². The lowest BCUT2D eigenvalue weighted by Crippen LogP contribution is -2.46. The van der Waals surface area contributed by atoms with Crippen molar-refractivity contribution in [3.05, 3.63) is 53.6 Å². The van der Waals surface area contributed by atoms with Crippen LogP contribution in [-0.2, 0) is 26.0 Å². The average Bonchev–Trinajstić information content (AvgIpc) is 2.75. The van der Waals surface area contributed by atoms with Gasteiger partial charge in [-0.1, -0.05) is 29.8 Å². The molecule has 0 saturated carbocycles. The summed E-state index contributed by atoms with van der Waals surface area (Å²) < 4.78 is 33.6. The van der Waals surface area contributed by atoms with E-state index in [0.29, 0.717) is 43.8 Å². The summed E-state index contributed by atoms with van der Waals surface area (Å²) in [6, 6.07) is 12.0. The summed E-state index contributed by atoms with van der Waals surface area (Å²) in [5, 5.41) is 2.62. The van der Waals surface area contributed by atoms with Crippen molar-refractivity contribution in [3.63, 3.8) is 0 Å². The van der Waals surface area contributed by atoms with E-state index < -0.39 is 10.0 Å². The van der Waals surface area contributed by atoms with Crippen LogP contribution in [0, 0.1) is 6.92 Å². The number of carbonyl (C=O) groups is 2. The van der Waals surface area contributed by atoms with E-state index in [-0.39, 0.29) is 29.4 Å². The van der Waals surface area contributed by atoms with E-state index in [4.69, 9.17) is 4.74 Å². The molecule has 0 radical (unpaired) electrons. The Morgan fingerprint density at radius 1 is 1.16 bits per heavy atom. The topological polar surface area (TPSA) is 105 Å². The molecule has 0 aliphatic carbocycles. The number of fused-ring (bicyclic) bond motifs is 1. The molecular formula is C22H25N3O5S. The number of nitrogens with one attached hydrogen (secondary N) is 2. The molecule has 0 spiro atoms. The lowest BCUT2D eigenvalue weighted by Gasteiger charge is -2.32. The molecule has 2 N–H and O–H groups in total. The number of likely N-dealkylation sites (tertiary alicyclic amines) is 1. The maximum absolute atomic E-state index is 12.8. The largest absolute Gasteiger partial charge is 0.482 e. The number of sulfonamides is 1. The third kappa shape index (κ3) is 5.05. The highest BCUT2D eigenvalue weighted by atomic mass is 32.2. The zero-order valence-electron chi connectivity index (χ0n) is 17.3. The molecule has 1 saturated heterocycles. The number of ether oxygens (including phenoxy) is 1. The molecule has 8 nitrogen and oxygen atoms in total. The van der Waals surface area contributed by atoms with Crippen LogP contribution in [-0.4, -0.2) is 50.9 Å². The molecule has 2 aromatic carbocycles. The van der Waals surface area contributed by atoms with Gasteiger partial charge < -0.3 is 15.0 Å². The second kappa shape index (κ2) is 8.68.